The summed E-state index contributed by atoms with van der Waals surface area (Å²) in [4.78, 5) is 26.4. The third-order valence-electron chi connectivity index (χ3n) is 4.40. The van der Waals surface area contributed by atoms with Crippen molar-refractivity contribution in [3.8, 4) is 5.75 Å². The first-order valence-corrected chi connectivity index (χ1v) is 9.13. The Labute approximate surface area is 170 Å². The van der Waals surface area contributed by atoms with Crippen LogP contribution in [0.5, 0.6) is 5.75 Å². The smallest absolute Gasteiger partial charge is 0.416 e. The number of fused-ring (bicyclic) bond motifs is 1. The molecular weight excluding hydrogens is 409 g/mol. The second kappa shape index (κ2) is 7.59. The maximum atomic E-state index is 12.7. The SMILES string of the molecule is CC1(C)Oc2ccc(Cl)cc2N(CCC(=O)Nc2ccc(C(F)(F)F)cc2)C1=O. The van der Waals surface area contributed by atoms with Crippen LogP contribution in [0.4, 0.5) is 24.5 Å². The molecule has 5 nitrogen and oxygen atoms in total. The summed E-state index contributed by atoms with van der Waals surface area (Å²) in [6.07, 6.45) is -4.50. The number of hydrogen-bond acceptors (Lipinski definition) is 3. The lowest BCUT2D eigenvalue weighted by Crippen LogP contribution is -2.53. The van der Waals surface area contributed by atoms with Gasteiger partial charge in [0.1, 0.15) is 5.75 Å². The van der Waals surface area contributed by atoms with Crippen molar-refractivity contribution in [3.63, 3.8) is 0 Å². The fourth-order valence-corrected chi connectivity index (χ4v) is 3.11. The van der Waals surface area contributed by atoms with E-state index in [1.807, 2.05) is 0 Å². The third-order valence-corrected chi connectivity index (χ3v) is 4.63. The summed E-state index contributed by atoms with van der Waals surface area (Å²) in [5.41, 5.74) is -1.21. The number of benzene rings is 2. The highest BCUT2D eigenvalue weighted by Crippen LogP contribution is 2.39. The van der Waals surface area contributed by atoms with Gasteiger partial charge in [-0.2, -0.15) is 13.2 Å². The maximum absolute atomic E-state index is 12.7. The molecule has 0 bridgehead atoms. The summed E-state index contributed by atoms with van der Waals surface area (Å²) < 4.78 is 43.6. The Bertz CT molecular complexity index is 943. The molecule has 2 aromatic carbocycles. The number of alkyl halides is 3. The molecule has 29 heavy (non-hydrogen) atoms. The normalized spacial score (nSPS) is 15.5. The van der Waals surface area contributed by atoms with Crippen molar-refractivity contribution in [3.05, 3.63) is 53.1 Å². The van der Waals surface area contributed by atoms with E-state index >= 15 is 0 Å². The minimum Gasteiger partial charge on any atom is -0.476 e. The van der Waals surface area contributed by atoms with Crippen LogP contribution in [0.25, 0.3) is 0 Å². The molecule has 0 atom stereocenters. The number of amides is 2. The first kappa shape index (κ1) is 21.0. The Morgan fingerprint density at radius 2 is 1.83 bits per heavy atom. The summed E-state index contributed by atoms with van der Waals surface area (Å²) in [7, 11) is 0. The van der Waals surface area contributed by atoms with Gasteiger partial charge in [0.15, 0.2) is 5.60 Å². The van der Waals surface area contributed by atoms with Crippen molar-refractivity contribution in [2.24, 2.45) is 0 Å². The number of ether oxygens (including phenoxy) is 1. The number of hydrogen-bond donors (Lipinski definition) is 1. The Kier molecular flexibility index (Phi) is 5.49. The van der Waals surface area contributed by atoms with E-state index in [4.69, 9.17) is 16.3 Å². The van der Waals surface area contributed by atoms with Gasteiger partial charge in [0.05, 0.1) is 11.3 Å². The van der Waals surface area contributed by atoms with Gasteiger partial charge in [-0.3, -0.25) is 9.59 Å². The molecule has 154 valence electrons. The fourth-order valence-electron chi connectivity index (χ4n) is 2.94. The summed E-state index contributed by atoms with van der Waals surface area (Å²) in [5, 5.41) is 2.95. The number of carbonyl (C=O) groups is 2. The molecule has 1 heterocycles. The highest BCUT2D eigenvalue weighted by atomic mass is 35.5. The summed E-state index contributed by atoms with van der Waals surface area (Å²) in [6, 6.07) is 9.02. The summed E-state index contributed by atoms with van der Waals surface area (Å²) in [5.74, 6) is -0.290. The molecule has 1 aliphatic rings. The van der Waals surface area contributed by atoms with E-state index < -0.39 is 23.2 Å². The van der Waals surface area contributed by atoms with E-state index in [9.17, 15) is 22.8 Å². The standard InChI is InChI=1S/C20H18ClF3N2O3/c1-19(2)18(28)26(15-11-13(21)5-8-16(15)29-19)10-9-17(27)25-14-6-3-12(4-7-14)20(22,23)24/h3-8,11H,9-10H2,1-2H3,(H,25,27). The first-order valence-electron chi connectivity index (χ1n) is 8.75. The molecule has 0 spiro atoms. The molecule has 0 saturated carbocycles. The zero-order valence-electron chi connectivity index (χ0n) is 15.6. The van der Waals surface area contributed by atoms with Crippen molar-refractivity contribution < 1.29 is 27.5 Å². The second-order valence-corrected chi connectivity index (χ2v) is 7.49. The Morgan fingerprint density at radius 3 is 2.45 bits per heavy atom. The van der Waals surface area contributed by atoms with Crippen LogP contribution in [0.2, 0.25) is 5.02 Å². The maximum Gasteiger partial charge on any atom is 0.416 e. The summed E-state index contributed by atoms with van der Waals surface area (Å²) >= 11 is 6.02. The zero-order chi connectivity index (χ0) is 21.4. The van der Waals surface area contributed by atoms with Crippen LogP contribution < -0.4 is 15.0 Å². The quantitative estimate of drug-likeness (QED) is 0.757. The lowest BCUT2D eigenvalue weighted by molar-refractivity contribution is -0.137. The monoisotopic (exact) mass is 426 g/mol. The molecule has 9 heteroatoms. The zero-order valence-corrected chi connectivity index (χ0v) is 16.4. The number of carbonyl (C=O) groups excluding carboxylic acids is 2. The van der Waals surface area contributed by atoms with Gasteiger partial charge in [-0.25, -0.2) is 0 Å². The second-order valence-electron chi connectivity index (χ2n) is 7.05. The highest BCUT2D eigenvalue weighted by Gasteiger charge is 2.41. The summed E-state index contributed by atoms with van der Waals surface area (Å²) in [6.45, 7) is 3.32. The molecular formula is C20H18ClF3N2O3. The third kappa shape index (κ3) is 4.64. The number of halogens is 4. The minimum absolute atomic E-state index is 0.0607. The van der Waals surface area contributed by atoms with Gasteiger partial charge < -0.3 is 15.0 Å². The average Bonchev–Trinajstić information content (AvgIpc) is 2.62. The molecule has 0 aliphatic carbocycles. The predicted molar refractivity (Wildman–Crippen MR) is 103 cm³/mol. The average molecular weight is 427 g/mol. The Morgan fingerprint density at radius 1 is 1.17 bits per heavy atom. The first-order chi connectivity index (χ1) is 13.5. The Balaban J connectivity index is 1.69. The number of rotatable bonds is 4. The lowest BCUT2D eigenvalue weighted by Gasteiger charge is -2.38. The van der Waals surface area contributed by atoms with Crippen molar-refractivity contribution >= 4 is 34.8 Å². The van der Waals surface area contributed by atoms with Gasteiger partial charge in [0.2, 0.25) is 5.91 Å². The van der Waals surface area contributed by atoms with Crippen molar-refractivity contribution in [1.82, 2.24) is 0 Å². The molecule has 0 fully saturated rings. The highest BCUT2D eigenvalue weighted by molar-refractivity contribution is 6.31. The Hall–Kier alpha value is -2.74. The molecule has 2 amide bonds. The van der Waals surface area contributed by atoms with E-state index in [-0.39, 0.29) is 24.6 Å². The van der Waals surface area contributed by atoms with Gasteiger partial charge >= 0.3 is 6.18 Å². The number of anilines is 2. The van der Waals surface area contributed by atoms with Crippen LogP contribution in [-0.4, -0.2) is 24.0 Å². The minimum atomic E-state index is -4.44. The lowest BCUT2D eigenvalue weighted by atomic mass is 10.0. The molecule has 0 unspecified atom stereocenters. The topological polar surface area (TPSA) is 58.6 Å². The largest absolute Gasteiger partial charge is 0.476 e. The van der Waals surface area contributed by atoms with E-state index in [1.54, 1.807) is 32.0 Å². The number of nitrogens with zero attached hydrogens (tertiary/aromatic N) is 1. The predicted octanol–water partition coefficient (Wildman–Crippen LogP) is 4.89. The van der Waals surface area contributed by atoms with Crippen molar-refractivity contribution in [2.75, 3.05) is 16.8 Å². The van der Waals surface area contributed by atoms with Gasteiger partial charge in [-0.05, 0) is 56.3 Å². The van der Waals surface area contributed by atoms with Crippen LogP contribution in [-0.2, 0) is 15.8 Å². The molecule has 1 N–H and O–H groups in total. The van der Waals surface area contributed by atoms with Crippen LogP contribution in [0.15, 0.2) is 42.5 Å². The van der Waals surface area contributed by atoms with Crippen LogP contribution >= 0.6 is 11.6 Å². The van der Waals surface area contributed by atoms with Crippen molar-refractivity contribution in [2.45, 2.75) is 32.0 Å². The van der Waals surface area contributed by atoms with E-state index in [0.29, 0.717) is 16.5 Å². The van der Waals surface area contributed by atoms with Crippen LogP contribution in [0, 0.1) is 0 Å². The van der Waals surface area contributed by atoms with Crippen molar-refractivity contribution in [1.29, 1.82) is 0 Å². The van der Waals surface area contributed by atoms with E-state index in [2.05, 4.69) is 5.32 Å². The van der Waals surface area contributed by atoms with Gasteiger partial charge in [-0.1, -0.05) is 11.6 Å². The van der Waals surface area contributed by atoms with E-state index in [0.717, 1.165) is 12.1 Å². The van der Waals surface area contributed by atoms with E-state index in [1.165, 1.54) is 17.0 Å². The molecule has 0 aromatic heterocycles. The molecule has 0 saturated heterocycles. The van der Waals surface area contributed by atoms with Gasteiger partial charge in [0.25, 0.3) is 5.91 Å². The molecule has 1 aliphatic heterocycles. The molecule has 0 radical (unpaired) electrons. The number of nitrogens with one attached hydrogen (secondary N) is 1. The molecule has 3 rings (SSSR count). The van der Waals surface area contributed by atoms with Crippen LogP contribution in [0.3, 0.4) is 0 Å². The van der Waals surface area contributed by atoms with Gasteiger partial charge in [0, 0.05) is 23.7 Å². The fraction of sp³-hybridized carbons (Fsp3) is 0.300. The van der Waals surface area contributed by atoms with Gasteiger partial charge in [-0.15, -0.1) is 0 Å². The molecule has 2 aromatic rings. The van der Waals surface area contributed by atoms with Crippen LogP contribution in [0.1, 0.15) is 25.8 Å².